The minimum absolute atomic E-state index is 0.0804. The third kappa shape index (κ3) is 2.60. The number of piperidine rings is 1. The number of fused-ring (bicyclic) bond motifs is 1. The Hall–Kier alpha value is -2.25. The third-order valence-electron chi connectivity index (χ3n) is 7.19. The molecule has 148 valence electrons. The molecular weight excluding hydrogens is 356 g/mol. The van der Waals surface area contributed by atoms with Crippen molar-refractivity contribution in [2.75, 3.05) is 13.1 Å². The molecule has 1 spiro atoms. The maximum absolute atomic E-state index is 13.2. The number of rotatable bonds is 4. The summed E-state index contributed by atoms with van der Waals surface area (Å²) in [6.07, 6.45) is 4.22. The van der Waals surface area contributed by atoms with E-state index >= 15 is 0 Å². The smallest absolute Gasteiger partial charge is 0.255 e. The fourth-order valence-corrected chi connectivity index (χ4v) is 5.50. The number of nitrogens with two attached hydrogens (primary N) is 1. The summed E-state index contributed by atoms with van der Waals surface area (Å²) in [5.74, 6) is -0.0644. The van der Waals surface area contributed by atoms with E-state index in [0.29, 0.717) is 18.9 Å². The van der Waals surface area contributed by atoms with Crippen LogP contribution in [0.1, 0.15) is 53.6 Å². The summed E-state index contributed by atoms with van der Waals surface area (Å²) in [5.41, 5.74) is 8.88. The number of nitrogens with one attached hydrogen (secondary N) is 1. The molecule has 1 atom stereocenters. The molecule has 7 nitrogen and oxygen atoms in total. The maximum atomic E-state index is 13.2. The van der Waals surface area contributed by atoms with Gasteiger partial charge in [-0.15, -0.1) is 0 Å². The van der Waals surface area contributed by atoms with Crippen LogP contribution in [-0.2, 0) is 22.7 Å². The molecule has 0 aromatic heterocycles. The van der Waals surface area contributed by atoms with Crippen LogP contribution in [0.4, 0.5) is 0 Å². The lowest BCUT2D eigenvalue weighted by molar-refractivity contribution is -0.136. The number of benzene rings is 1. The van der Waals surface area contributed by atoms with Crippen molar-refractivity contribution in [2.45, 2.75) is 56.8 Å². The van der Waals surface area contributed by atoms with Gasteiger partial charge in [-0.25, -0.2) is 0 Å². The first kappa shape index (κ1) is 17.8. The zero-order chi connectivity index (χ0) is 19.5. The van der Waals surface area contributed by atoms with Crippen molar-refractivity contribution in [1.29, 1.82) is 0 Å². The number of imide groups is 1. The van der Waals surface area contributed by atoms with Crippen LogP contribution in [0.3, 0.4) is 0 Å². The number of amides is 3. The Balaban J connectivity index is 1.35. The number of carbonyl (C=O) groups excluding carboxylic acids is 3. The molecule has 3 heterocycles. The van der Waals surface area contributed by atoms with Gasteiger partial charge in [0.1, 0.15) is 6.04 Å². The number of hydrogen-bond acceptors (Lipinski definition) is 5. The fourth-order valence-electron chi connectivity index (χ4n) is 5.50. The first-order chi connectivity index (χ1) is 13.5. The number of hydrogen-bond donors (Lipinski definition) is 2. The highest BCUT2D eigenvalue weighted by Crippen LogP contribution is 2.51. The number of likely N-dealkylation sites (tertiary alicyclic amines) is 1. The highest BCUT2D eigenvalue weighted by molar-refractivity contribution is 6.06. The first-order valence-corrected chi connectivity index (χ1v) is 10.2. The van der Waals surface area contributed by atoms with Crippen molar-refractivity contribution in [3.05, 3.63) is 34.9 Å². The van der Waals surface area contributed by atoms with Crippen LogP contribution in [0.25, 0.3) is 0 Å². The summed E-state index contributed by atoms with van der Waals surface area (Å²) in [6, 6.07) is 5.46. The Morgan fingerprint density at radius 2 is 2.04 bits per heavy atom. The Bertz CT molecular complexity index is 861. The van der Waals surface area contributed by atoms with Crippen molar-refractivity contribution in [1.82, 2.24) is 15.1 Å². The van der Waals surface area contributed by atoms with Gasteiger partial charge in [-0.1, -0.05) is 18.2 Å². The monoisotopic (exact) mass is 382 g/mol. The van der Waals surface area contributed by atoms with E-state index in [0.717, 1.165) is 49.2 Å². The molecule has 0 radical (unpaired) electrons. The highest BCUT2D eigenvalue weighted by atomic mass is 16.2. The molecule has 1 unspecified atom stereocenters. The molecule has 7 heteroatoms. The van der Waals surface area contributed by atoms with E-state index < -0.39 is 6.04 Å². The second kappa shape index (κ2) is 6.39. The van der Waals surface area contributed by atoms with Gasteiger partial charge in [0.05, 0.1) is 0 Å². The van der Waals surface area contributed by atoms with Gasteiger partial charge in [-0.2, -0.15) is 0 Å². The Labute approximate surface area is 164 Å². The molecule has 5 rings (SSSR count). The standard InChI is InChI=1S/C21H26N4O3/c22-10-13-8-21(9-13)6-7-24(21)11-14-2-1-3-15-12-25(20(28)18(14)15)16-4-5-17(26)23-19(16)27/h1-3,13,16H,4-12,22H2,(H,23,26,27). The predicted octanol–water partition coefficient (Wildman–Crippen LogP) is 0.761. The quantitative estimate of drug-likeness (QED) is 0.750. The van der Waals surface area contributed by atoms with Crippen LogP contribution in [0, 0.1) is 5.92 Å². The lowest BCUT2D eigenvalue weighted by atomic mass is 9.61. The molecule has 1 aromatic rings. The molecule has 3 amide bonds. The number of carbonyl (C=O) groups is 3. The van der Waals surface area contributed by atoms with E-state index in [4.69, 9.17) is 5.73 Å². The predicted molar refractivity (Wildman–Crippen MR) is 102 cm³/mol. The highest BCUT2D eigenvalue weighted by Gasteiger charge is 2.53. The minimum Gasteiger partial charge on any atom is -0.330 e. The Morgan fingerprint density at radius 1 is 1.21 bits per heavy atom. The lowest BCUT2D eigenvalue weighted by Crippen LogP contribution is -2.66. The normalized spacial score (nSPS) is 32.2. The molecule has 1 aromatic carbocycles. The summed E-state index contributed by atoms with van der Waals surface area (Å²) in [6.45, 7) is 3.03. The summed E-state index contributed by atoms with van der Waals surface area (Å²) < 4.78 is 0. The van der Waals surface area contributed by atoms with E-state index in [9.17, 15) is 14.4 Å². The summed E-state index contributed by atoms with van der Waals surface area (Å²) in [7, 11) is 0. The Kier molecular flexibility index (Phi) is 4.07. The zero-order valence-electron chi connectivity index (χ0n) is 15.9. The molecule has 1 aliphatic carbocycles. The van der Waals surface area contributed by atoms with Gasteiger partial charge in [0, 0.05) is 37.2 Å². The van der Waals surface area contributed by atoms with Gasteiger partial charge >= 0.3 is 0 Å². The number of nitrogens with zero attached hydrogens (tertiary/aromatic N) is 2. The Morgan fingerprint density at radius 3 is 2.71 bits per heavy atom. The van der Waals surface area contributed by atoms with Crippen molar-refractivity contribution < 1.29 is 14.4 Å². The van der Waals surface area contributed by atoms with Gasteiger partial charge in [0.15, 0.2) is 0 Å². The molecule has 3 fully saturated rings. The molecule has 28 heavy (non-hydrogen) atoms. The van der Waals surface area contributed by atoms with Crippen molar-refractivity contribution in [2.24, 2.45) is 11.7 Å². The van der Waals surface area contributed by atoms with E-state index in [-0.39, 0.29) is 29.7 Å². The van der Waals surface area contributed by atoms with Crippen LogP contribution >= 0.6 is 0 Å². The van der Waals surface area contributed by atoms with Gasteiger partial charge in [0.2, 0.25) is 11.8 Å². The average Bonchev–Trinajstić information content (AvgIpc) is 2.95. The SMILES string of the molecule is NCC1CC2(CCN2Cc2cccc3c2C(=O)N(C2CCC(=O)NC2=O)C3)C1. The van der Waals surface area contributed by atoms with Gasteiger partial charge in [0.25, 0.3) is 5.91 Å². The molecule has 2 saturated heterocycles. The van der Waals surface area contributed by atoms with E-state index in [1.807, 2.05) is 18.2 Å². The van der Waals surface area contributed by atoms with Gasteiger partial charge in [-0.3, -0.25) is 24.6 Å². The molecule has 4 aliphatic rings. The van der Waals surface area contributed by atoms with Crippen molar-refractivity contribution in [3.63, 3.8) is 0 Å². The van der Waals surface area contributed by atoms with Crippen molar-refractivity contribution >= 4 is 17.7 Å². The second-order valence-electron chi connectivity index (χ2n) is 8.76. The lowest BCUT2D eigenvalue weighted by Gasteiger charge is -2.62. The largest absolute Gasteiger partial charge is 0.330 e. The van der Waals surface area contributed by atoms with Gasteiger partial charge in [-0.05, 0) is 49.3 Å². The molecular formula is C21H26N4O3. The van der Waals surface area contributed by atoms with E-state index in [2.05, 4.69) is 10.2 Å². The van der Waals surface area contributed by atoms with Crippen molar-refractivity contribution in [3.8, 4) is 0 Å². The topological polar surface area (TPSA) is 95.7 Å². The zero-order valence-corrected chi connectivity index (χ0v) is 15.9. The first-order valence-electron chi connectivity index (χ1n) is 10.2. The average molecular weight is 382 g/mol. The van der Waals surface area contributed by atoms with Gasteiger partial charge < -0.3 is 10.6 Å². The van der Waals surface area contributed by atoms with Crippen LogP contribution < -0.4 is 11.1 Å². The van der Waals surface area contributed by atoms with E-state index in [1.54, 1.807) is 4.90 Å². The fraction of sp³-hybridized carbons (Fsp3) is 0.571. The molecule has 1 saturated carbocycles. The summed E-state index contributed by atoms with van der Waals surface area (Å²) in [5, 5.41) is 2.36. The third-order valence-corrected chi connectivity index (χ3v) is 7.19. The summed E-state index contributed by atoms with van der Waals surface area (Å²) >= 11 is 0. The maximum Gasteiger partial charge on any atom is 0.255 e. The molecule has 3 N–H and O–H groups in total. The van der Waals surface area contributed by atoms with Crippen LogP contribution in [-0.4, -0.2) is 52.2 Å². The van der Waals surface area contributed by atoms with Crippen LogP contribution in [0.5, 0.6) is 0 Å². The second-order valence-corrected chi connectivity index (χ2v) is 8.76. The summed E-state index contributed by atoms with van der Waals surface area (Å²) in [4.78, 5) is 41.0. The molecule has 0 bridgehead atoms. The molecule has 3 aliphatic heterocycles. The van der Waals surface area contributed by atoms with E-state index in [1.165, 1.54) is 6.42 Å². The van der Waals surface area contributed by atoms with Crippen LogP contribution in [0.15, 0.2) is 18.2 Å². The minimum atomic E-state index is -0.558. The van der Waals surface area contributed by atoms with Crippen LogP contribution in [0.2, 0.25) is 0 Å².